The third kappa shape index (κ3) is 9.14. The second kappa shape index (κ2) is 15.7. The van der Waals surface area contributed by atoms with Gasteiger partial charge in [-0.25, -0.2) is 9.56 Å². The van der Waals surface area contributed by atoms with E-state index in [1.165, 1.54) is 37.3 Å². The van der Waals surface area contributed by atoms with Crippen LogP contribution in [0.1, 0.15) is 54.9 Å². The summed E-state index contributed by atoms with van der Waals surface area (Å²) in [5, 5.41) is 29.5. The zero-order chi connectivity index (χ0) is 34.2. The third-order valence-electron chi connectivity index (χ3n) is 7.04. The number of aliphatic hydroxyl groups excluding tert-OH is 1. The van der Waals surface area contributed by atoms with Crippen molar-refractivity contribution in [2.24, 2.45) is 21.7 Å². The average Bonchev–Trinajstić information content (AvgIpc) is 3.34. The Hall–Kier alpha value is -3.80. The van der Waals surface area contributed by atoms with Crippen LogP contribution in [0.25, 0.3) is 0 Å². The van der Waals surface area contributed by atoms with Crippen molar-refractivity contribution in [2.75, 3.05) is 6.61 Å². The van der Waals surface area contributed by atoms with E-state index < -0.39 is 74.3 Å². The summed E-state index contributed by atoms with van der Waals surface area (Å²) in [6.45, 7) is 10.5. The number of amidine groups is 1. The molecule has 0 amide bonds. The minimum absolute atomic E-state index is 0.160. The molecule has 7 atom stereocenters. The van der Waals surface area contributed by atoms with Gasteiger partial charge in [0, 0.05) is 0 Å². The second-order valence-electron chi connectivity index (χ2n) is 11.7. The number of nitrogens with two attached hydrogens (primary N) is 1. The van der Waals surface area contributed by atoms with Crippen molar-refractivity contribution in [2.45, 2.75) is 97.0 Å². The van der Waals surface area contributed by atoms with E-state index >= 15 is 0 Å². The van der Waals surface area contributed by atoms with E-state index in [4.69, 9.17) is 29.0 Å². The van der Waals surface area contributed by atoms with Crippen LogP contribution >= 0.6 is 7.75 Å². The second-order valence-corrected chi connectivity index (χ2v) is 13.4. The third-order valence-corrected chi connectivity index (χ3v) is 8.68. The number of benzene rings is 1. The molecule has 3 rings (SSSR count). The van der Waals surface area contributed by atoms with Crippen LogP contribution < -0.4 is 15.3 Å². The number of nitrogens with one attached hydrogen (secondary N) is 1. The number of aliphatic hydroxyl groups is 1. The number of rotatable bonds is 16. The van der Waals surface area contributed by atoms with Gasteiger partial charge in [0.2, 0.25) is 0 Å². The molecular weight excluding hydrogens is 619 g/mol. The van der Waals surface area contributed by atoms with Crippen molar-refractivity contribution in [1.82, 2.24) is 10.1 Å². The number of ether oxygens (including phenoxy) is 3. The summed E-state index contributed by atoms with van der Waals surface area (Å²) in [4.78, 5) is 29.3. The number of carbonyl (C=O) groups is 2. The summed E-state index contributed by atoms with van der Waals surface area (Å²) in [6.07, 6.45) is -2.50. The van der Waals surface area contributed by atoms with Gasteiger partial charge in [-0.05, 0) is 53.2 Å². The monoisotopic (exact) mass is 662 g/mol. The predicted molar refractivity (Wildman–Crippen MR) is 168 cm³/mol. The first kappa shape index (κ1) is 36.7. The highest BCUT2D eigenvalue weighted by Gasteiger charge is 2.49. The van der Waals surface area contributed by atoms with E-state index in [9.17, 15) is 24.5 Å². The minimum Gasteiger partial charge on any atom is -0.462 e. The maximum Gasteiger partial charge on any atom is 0.459 e. The Bertz CT molecular complexity index is 1410. The van der Waals surface area contributed by atoms with E-state index in [-0.39, 0.29) is 18.0 Å². The standard InChI is InChI=1S/C30H43N6O9P/c1-18(2)28(38)44-26(21(6)37)24(43-25(15-31)30(7)14-13-23-27(32)33-17-34-36(23)30)16-41-46(40,45-22-11-9-8-10-12-22)35-20(5)29(39)42-19(3)4/h8-13,17-21,24-26,37H,14,16H2,1-7H3,(H,35,40)(H2,32,33,34). The molecule has 1 aromatic carbocycles. The molecule has 0 saturated heterocycles. The van der Waals surface area contributed by atoms with Crippen molar-refractivity contribution < 1.29 is 42.5 Å². The molecule has 0 radical (unpaired) electrons. The number of hydrazone groups is 1. The van der Waals surface area contributed by atoms with Gasteiger partial charge in [0.05, 0.1) is 36.5 Å². The number of nitriles is 1. The van der Waals surface area contributed by atoms with Crippen molar-refractivity contribution >= 4 is 31.9 Å². The van der Waals surface area contributed by atoms with Crippen LogP contribution in [0.5, 0.6) is 5.75 Å². The van der Waals surface area contributed by atoms with Crippen molar-refractivity contribution in [3.8, 4) is 11.8 Å². The van der Waals surface area contributed by atoms with Crippen molar-refractivity contribution in [1.29, 1.82) is 5.26 Å². The first-order valence-corrected chi connectivity index (χ1v) is 16.4. The predicted octanol–water partition coefficient (Wildman–Crippen LogP) is 3.01. The molecule has 0 fully saturated rings. The molecule has 16 heteroatoms. The largest absolute Gasteiger partial charge is 0.462 e. The highest BCUT2D eigenvalue weighted by atomic mass is 31.2. The van der Waals surface area contributed by atoms with Gasteiger partial charge < -0.3 is 29.6 Å². The Labute approximate surface area is 268 Å². The van der Waals surface area contributed by atoms with Gasteiger partial charge in [-0.3, -0.25) is 19.1 Å². The van der Waals surface area contributed by atoms with E-state index in [0.717, 1.165) is 0 Å². The Morgan fingerprint density at radius 1 is 1.15 bits per heavy atom. The summed E-state index contributed by atoms with van der Waals surface area (Å²) in [5.41, 5.74) is 5.41. The lowest BCUT2D eigenvalue weighted by Crippen LogP contribution is -2.55. The molecule has 7 unspecified atom stereocenters. The zero-order valence-corrected chi connectivity index (χ0v) is 27.9. The topological polar surface area (TPSA) is 207 Å². The van der Waals surface area contributed by atoms with Crippen molar-refractivity contribution in [3.05, 3.63) is 42.1 Å². The van der Waals surface area contributed by atoms with Gasteiger partial charge in [0.15, 0.2) is 18.0 Å². The molecule has 0 bridgehead atoms. The first-order valence-electron chi connectivity index (χ1n) is 14.9. The highest BCUT2D eigenvalue weighted by molar-refractivity contribution is 7.52. The first-order chi connectivity index (χ1) is 21.6. The maximum atomic E-state index is 14.2. The molecule has 2 aliphatic heterocycles. The summed E-state index contributed by atoms with van der Waals surface area (Å²) in [5.74, 6) is -1.56. The van der Waals surface area contributed by atoms with Crippen LogP contribution in [0, 0.1) is 17.2 Å². The molecule has 0 spiro atoms. The van der Waals surface area contributed by atoms with Gasteiger partial charge in [0.25, 0.3) is 0 Å². The fourth-order valence-corrected chi connectivity index (χ4v) is 6.05. The number of fused-ring (bicyclic) bond motifs is 1. The summed E-state index contributed by atoms with van der Waals surface area (Å²) in [6, 6.07) is 9.10. The maximum absolute atomic E-state index is 14.2. The smallest absolute Gasteiger partial charge is 0.459 e. The zero-order valence-electron chi connectivity index (χ0n) is 27.0. The van der Waals surface area contributed by atoms with E-state index in [1.54, 1.807) is 58.9 Å². The van der Waals surface area contributed by atoms with Crippen LogP contribution in [0.15, 0.2) is 52.2 Å². The molecule has 1 aromatic rings. The van der Waals surface area contributed by atoms with E-state index in [1.807, 2.05) is 0 Å². The molecule has 4 N–H and O–H groups in total. The molecule has 2 heterocycles. The normalized spacial score (nSPS) is 22.0. The van der Waals surface area contributed by atoms with E-state index in [0.29, 0.717) is 5.70 Å². The van der Waals surface area contributed by atoms with Crippen LogP contribution in [0.2, 0.25) is 0 Å². The number of esters is 2. The molecule has 46 heavy (non-hydrogen) atoms. The van der Waals surface area contributed by atoms with E-state index in [2.05, 4.69) is 21.3 Å². The number of nitrogens with zero attached hydrogens (tertiary/aromatic N) is 4. The van der Waals surface area contributed by atoms with Crippen LogP contribution in [0.3, 0.4) is 0 Å². The molecule has 252 valence electrons. The fourth-order valence-electron chi connectivity index (χ4n) is 4.55. The molecule has 15 nitrogen and oxygen atoms in total. The van der Waals surface area contributed by atoms with Gasteiger partial charge >= 0.3 is 19.7 Å². The van der Waals surface area contributed by atoms with Crippen LogP contribution in [-0.4, -0.2) is 82.9 Å². The lowest BCUT2D eigenvalue weighted by Gasteiger charge is -2.41. The fraction of sp³-hybridized carbons (Fsp3) is 0.567. The number of carbonyl (C=O) groups excluding carboxylic acids is 2. The molecule has 0 aliphatic carbocycles. The van der Waals surface area contributed by atoms with Gasteiger partial charge in [-0.15, -0.1) is 0 Å². The van der Waals surface area contributed by atoms with Crippen LogP contribution in [-0.2, 0) is 32.9 Å². The average molecular weight is 663 g/mol. The Balaban J connectivity index is 1.96. The Kier molecular flexibility index (Phi) is 12.5. The molecule has 0 saturated carbocycles. The lowest BCUT2D eigenvalue weighted by atomic mass is 9.92. The highest BCUT2D eigenvalue weighted by Crippen LogP contribution is 2.46. The molecular formula is C30H43N6O9P. The van der Waals surface area contributed by atoms with Gasteiger partial charge in [-0.1, -0.05) is 38.1 Å². The SMILES string of the molecule is CC(C)OC(=O)C(C)NP(=O)(OCC(OC(C#N)C1(C)CC=C2C(N)=NC=NN21)C(OC(=O)C(C)C)C(C)O)Oc1ccccc1. The quantitative estimate of drug-likeness (QED) is 0.172. The molecule has 0 aromatic heterocycles. The Morgan fingerprint density at radius 3 is 2.41 bits per heavy atom. The van der Waals surface area contributed by atoms with Crippen LogP contribution in [0.4, 0.5) is 0 Å². The van der Waals surface area contributed by atoms with Gasteiger partial charge in [-0.2, -0.15) is 15.5 Å². The number of aliphatic imine (C=N–C) groups is 1. The Morgan fingerprint density at radius 2 is 1.83 bits per heavy atom. The minimum atomic E-state index is -4.41. The number of hydrogen-bond acceptors (Lipinski definition) is 14. The summed E-state index contributed by atoms with van der Waals surface area (Å²) < 4.78 is 42.9. The summed E-state index contributed by atoms with van der Waals surface area (Å²) in [7, 11) is -4.41. The van der Waals surface area contributed by atoms with Crippen molar-refractivity contribution in [3.63, 3.8) is 0 Å². The number of para-hydroxylation sites is 1. The van der Waals surface area contributed by atoms with Gasteiger partial charge in [0.1, 0.15) is 29.8 Å². The number of hydrogen-bond donors (Lipinski definition) is 3. The molecule has 2 aliphatic rings. The summed E-state index contributed by atoms with van der Waals surface area (Å²) >= 11 is 0. The lowest BCUT2D eigenvalue weighted by molar-refractivity contribution is -0.182.